The zero-order valence-electron chi connectivity index (χ0n) is 13.5. The summed E-state index contributed by atoms with van der Waals surface area (Å²) in [4.78, 5) is 12.1. The van der Waals surface area contributed by atoms with Gasteiger partial charge in [0.25, 0.3) is 0 Å². The zero-order valence-corrected chi connectivity index (χ0v) is 13.5. The van der Waals surface area contributed by atoms with Crippen LogP contribution < -0.4 is 19.5 Å². The molecule has 0 aliphatic carbocycles. The molecule has 1 aromatic rings. The molecule has 0 heterocycles. The number of carbonyl (C=O) groups is 1. The van der Waals surface area contributed by atoms with Gasteiger partial charge in [0.2, 0.25) is 5.91 Å². The van der Waals surface area contributed by atoms with Gasteiger partial charge in [0.15, 0.2) is 0 Å². The maximum Gasteiger partial charge on any atom is 0.223 e. The number of hydrogen-bond donors (Lipinski definition) is 1. The summed E-state index contributed by atoms with van der Waals surface area (Å²) < 4.78 is 15.9. The molecule has 0 saturated carbocycles. The lowest BCUT2D eigenvalue weighted by molar-refractivity contribution is -0.125. The third-order valence-electron chi connectivity index (χ3n) is 3.61. The summed E-state index contributed by atoms with van der Waals surface area (Å²) in [7, 11) is 4.75. The number of rotatable bonds is 8. The lowest BCUT2D eigenvalue weighted by Crippen LogP contribution is -2.29. The van der Waals surface area contributed by atoms with Crippen LogP contribution in [0.2, 0.25) is 0 Å². The average Bonchev–Trinajstić information content (AvgIpc) is 2.52. The van der Waals surface area contributed by atoms with Crippen LogP contribution >= 0.6 is 0 Å². The highest BCUT2D eigenvalue weighted by Gasteiger charge is 2.17. The van der Waals surface area contributed by atoms with Crippen molar-refractivity contribution in [2.75, 3.05) is 21.3 Å². The van der Waals surface area contributed by atoms with Gasteiger partial charge in [0, 0.05) is 18.1 Å². The number of nitrogens with one attached hydrogen (secondary N) is 1. The first kappa shape index (κ1) is 17.1. The quantitative estimate of drug-likeness (QED) is 0.801. The Kier molecular flexibility index (Phi) is 6.85. The predicted octanol–water partition coefficient (Wildman–Crippen LogP) is 2.76. The summed E-state index contributed by atoms with van der Waals surface area (Å²) in [6.45, 7) is 4.40. The van der Waals surface area contributed by atoms with Gasteiger partial charge in [-0.2, -0.15) is 0 Å². The number of methoxy groups -OCH3 is 3. The number of amides is 1. The number of carbonyl (C=O) groups excluding carboxylic acids is 1. The Labute approximate surface area is 126 Å². The molecular formula is C16H25NO4. The molecule has 0 saturated heterocycles. The van der Waals surface area contributed by atoms with Crippen LogP contribution in [0.4, 0.5) is 0 Å². The fourth-order valence-corrected chi connectivity index (χ4v) is 2.23. The van der Waals surface area contributed by atoms with Crippen LogP contribution in [0.15, 0.2) is 12.1 Å². The third-order valence-corrected chi connectivity index (χ3v) is 3.61. The zero-order chi connectivity index (χ0) is 15.8. The molecule has 118 valence electrons. The molecule has 1 rings (SSSR count). The van der Waals surface area contributed by atoms with Gasteiger partial charge in [-0.15, -0.1) is 0 Å². The van der Waals surface area contributed by atoms with E-state index in [1.807, 2.05) is 13.8 Å². The molecule has 0 aromatic heterocycles. The van der Waals surface area contributed by atoms with Crippen molar-refractivity contribution in [1.82, 2.24) is 5.32 Å². The van der Waals surface area contributed by atoms with E-state index in [0.717, 1.165) is 18.4 Å². The molecule has 1 amide bonds. The van der Waals surface area contributed by atoms with Gasteiger partial charge in [0.05, 0.1) is 33.4 Å². The maximum absolute atomic E-state index is 12.1. The van der Waals surface area contributed by atoms with Crippen molar-refractivity contribution < 1.29 is 19.0 Å². The van der Waals surface area contributed by atoms with E-state index in [4.69, 9.17) is 14.2 Å². The molecule has 0 spiro atoms. The smallest absolute Gasteiger partial charge is 0.223 e. The Balaban J connectivity index is 2.94. The molecule has 0 radical (unpaired) electrons. The van der Waals surface area contributed by atoms with E-state index in [-0.39, 0.29) is 11.8 Å². The van der Waals surface area contributed by atoms with E-state index in [9.17, 15) is 4.79 Å². The van der Waals surface area contributed by atoms with Crippen LogP contribution in [0.1, 0.15) is 32.3 Å². The summed E-state index contributed by atoms with van der Waals surface area (Å²) in [5, 5.41) is 2.95. The molecule has 0 unspecified atom stereocenters. The van der Waals surface area contributed by atoms with Crippen LogP contribution in [0.25, 0.3) is 0 Å². The Morgan fingerprint density at radius 1 is 1.05 bits per heavy atom. The van der Waals surface area contributed by atoms with E-state index in [2.05, 4.69) is 5.32 Å². The van der Waals surface area contributed by atoms with Gasteiger partial charge < -0.3 is 19.5 Å². The van der Waals surface area contributed by atoms with Crippen molar-refractivity contribution in [2.45, 2.75) is 33.2 Å². The minimum atomic E-state index is 0.0419. The Morgan fingerprint density at radius 3 is 1.95 bits per heavy atom. The largest absolute Gasteiger partial charge is 0.496 e. The molecular weight excluding hydrogens is 270 g/mol. The second kappa shape index (κ2) is 8.39. The summed E-state index contributed by atoms with van der Waals surface area (Å²) >= 11 is 0. The summed E-state index contributed by atoms with van der Waals surface area (Å²) in [6.07, 6.45) is 1.67. The van der Waals surface area contributed by atoms with Gasteiger partial charge in [-0.1, -0.05) is 13.8 Å². The highest BCUT2D eigenvalue weighted by Crippen LogP contribution is 2.33. The van der Waals surface area contributed by atoms with E-state index < -0.39 is 0 Å². The van der Waals surface area contributed by atoms with Crippen LogP contribution in [-0.4, -0.2) is 27.2 Å². The fraction of sp³-hybridized carbons (Fsp3) is 0.562. The highest BCUT2D eigenvalue weighted by molar-refractivity contribution is 5.78. The van der Waals surface area contributed by atoms with Crippen molar-refractivity contribution in [3.8, 4) is 17.2 Å². The maximum atomic E-state index is 12.1. The fourth-order valence-electron chi connectivity index (χ4n) is 2.23. The van der Waals surface area contributed by atoms with Gasteiger partial charge >= 0.3 is 0 Å². The minimum absolute atomic E-state index is 0.0419. The second-order valence-electron chi connectivity index (χ2n) is 4.74. The standard InChI is InChI=1S/C16H25NO4/c1-6-11(7-2)16(18)17-10-13-14(20-4)8-12(19-3)9-15(13)21-5/h8-9,11H,6-7,10H2,1-5H3,(H,17,18). The lowest BCUT2D eigenvalue weighted by Gasteiger charge is -2.17. The molecule has 0 aliphatic heterocycles. The molecule has 21 heavy (non-hydrogen) atoms. The van der Waals surface area contributed by atoms with Crippen LogP contribution in [0, 0.1) is 5.92 Å². The molecule has 5 heteroatoms. The topological polar surface area (TPSA) is 56.8 Å². The molecule has 1 N–H and O–H groups in total. The summed E-state index contributed by atoms with van der Waals surface area (Å²) in [5.74, 6) is 2.02. The number of ether oxygens (including phenoxy) is 3. The van der Waals surface area contributed by atoms with E-state index in [0.29, 0.717) is 23.8 Å². The first-order chi connectivity index (χ1) is 10.1. The first-order valence-electron chi connectivity index (χ1n) is 7.17. The lowest BCUT2D eigenvalue weighted by atomic mass is 10.0. The highest BCUT2D eigenvalue weighted by atomic mass is 16.5. The number of benzene rings is 1. The normalized spacial score (nSPS) is 10.4. The molecule has 0 bridgehead atoms. The van der Waals surface area contributed by atoms with E-state index >= 15 is 0 Å². The predicted molar refractivity (Wildman–Crippen MR) is 82.0 cm³/mol. The van der Waals surface area contributed by atoms with Crippen molar-refractivity contribution in [1.29, 1.82) is 0 Å². The minimum Gasteiger partial charge on any atom is -0.496 e. The summed E-state index contributed by atoms with van der Waals surface area (Å²) in [5.41, 5.74) is 0.806. The van der Waals surface area contributed by atoms with Crippen LogP contribution in [0.3, 0.4) is 0 Å². The SMILES string of the molecule is CCC(CC)C(=O)NCc1c(OC)cc(OC)cc1OC. The van der Waals surface area contributed by atoms with Crippen molar-refractivity contribution in [3.05, 3.63) is 17.7 Å². The van der Waals surface area contributed by atoms with E-state index in [1.165, 1.54) is 0 Å². The average molecular weight is 295 g/mol. The Bertz CT molecular complexity index is 444. The molecule has 0 fully saturated rings. The van der Waals surface area contributed by atoms with Crippen molar-refractivity contribution in [3.63, 3.8) is 0 Å². The Hall–Kier alpha value is -1.91. The molecule has 0 aliphatic rings. The third kappa shape index (κ3) is 4.28. The van der Waals surface area contributed by atoms with Crippen LogP contribution in [-0.2, 0) is 11.3 Å². The van der Waals surface area contributed by atoms with Gasteiger partial charge in [-0.25, -0.2) is 0 Å². The van der Waals surface area contributed by atoms with Crippen molar-refractivity contribution >= 4 is 5.91 Å². The number of hydrogen-bond acceptors (Lipinski definition) is 4. The molecule has 1 aromatic carbocycles. The molecule has 5 nitrogen and oxygen atoms in total. The first-order valence-corrected chi connectivity index (χ1v) is 7.17. The molecule has 0 atom stereocenters. The van der Waals surface area contributed by atoms with Crippen molar-refractivity contribution in [2.24, 2.45) is 5.92 Å². The second-order valence-corrected chi connectivity index (χ2v) is 4.74. The monoisotopic (exact) mass is 295 g/mol. The van der Waals surface area contributed by atoms with Gasteiger partial charge in [-0.05, 0) is 12.8 Å². The van der Waals surface area contributed by atoms with Gasteiger partial charge in [-0.3, -0.25) is 4.79 Å². The summed E-state index contributed by atoms with van der Waals surface area (Å²) in [6, 6.07) is 3.56. The Morgan fingerprint density at radius 2 is 1.57 bits per heavy atom. The van der Waals surface area contributed by atoms with Crippen LogP contribution in [0.5, 0.6) is 17.2 Å². The van der Waals surface area contributed by atoms with Gasteiger partial charge in [0.1, 0.15) is 17.2 Å². The van der Waals surface area contributed by atoms with E-state index in [1.54, 1.807) is 33.5 Å².